The molecule has 0 fully saturated rings. The Labute approximate surface area is 167 Å². The number of hydrogen-bond acceptors (Lipinski definition) is 4. The van der Waals surface area contributed by atoms with Crippen molar-refractivity contribution in [3.8, 4) is 17.2 Å². The fourth-order valence-electron chi connectivity index (χ4n) is 2.54. The molecule has 158 valence electrons. The second-order valence-corrected chi connectivity index (χ2v) is 6.38. The van der Waals surface area contributed by atoms with Gasteiger partial charge in [0.1, 0.15) is 17.2 Å². The van der Waals surface area contributed by atoms with E-state index in [1.807, 2.05) is 31.3 Å². The lowest BCUT2D eigenvalue weighted by atomic mass is 10.3. The summed E-state index contributed by atoms with van der Waals surface area (Å²) in [6.45, 7) is 1.47. The number of carbonyl (C=O) groups excluding carboxylic acids is 1. The van der Waals surface area contributed by atoms with Crippen molar-refractivity contribution in [3.05, 3.63) is 48.5 Å². The molecule has 0 saturated heterocycles. The van der Waals surface area contributed by atoms with Gasteiger partial charge >= 0.3 is 6.36 Å². The summed E-state index contributed by atoms with van der Waals surface area (Å²) in [6.07, 6.45) is -3.98. The minimum absolute atomic E-state index is 0.226. The highest BCUT2D eigenvalue weighted by atomic mass is 19.4. The smallest absolute Gasteiger partial charge is 0.497 e. The zero-order chi connectivity index (χ0) is 21.3. The van der Waals surface area contributed by atoms with E-state index >= 15 is 0 Å². The zero-order valence-corrected chi connectivity index (χ0v) is 16.2. The number of rotatable bonds is 10. The maximum atomic E-state index is 12.1. The summed E-state index contributed by atoms with van der Waals surface area (Å²) >= 11 is 0. The first-order valence-electron chi connectivity index (χ1n) is 8.99. The number of alkyl halides is 3. The number of anilines is 1. The van der Waals surface area contributed by atoms with Crippen LogP contribution in [0.4, 0.5) is 18.9 Å². The lowest BCUT2D eigenvalue weighted by Gasteiger charge is -2.14. The van der Waals surface area contributed by atoms with Crippen molar-refractivity contribution < 1.29 is 37.1 Å². The molecule has 9 heteroatoms. The molecule has 0 aliphatic carbocycles. The van der Waals surface area contributed by atoms with Gasteiger partial charge in [-0.3, -0.25) is 4.79 Å². The Morgan fingerprint density at radius 2 is 1.59 bits per heavy atom. The molecule has 1 unspecified atom stereocenters. The van der Waals surface area contributed by atoms with Gasteiger partial charge in [0, 0.05) is 12.1 Å². The Morgan fingerprint density at radius 1 is 1.00 bits per heavy atom. The predicted octanol–water partition coefficient (Wildman–Crippen LogP) is 2.52. The normalized spacial score (nSPS) is 12.2. The Hall–Kier alpha value is -2.94. The first-order valence-corrected chi connectivity index (χ1v) is 8.99. The number of nitrogens with one attached hydrogen (secondary N) is 2. The summed E-state index contributed by atoms with van der Waals surface area (Å²) in [7, 11) is 3.48. The number of carbonyl (C=O) groups is 1. The molecule has 0 radical (unpaired) electrons. The molecule has 2 aromatic carbocycles. The van der Waals surface area contributed by atoms with E-state index in [2.05, 4.69) is 10.1 Å². The average Bonchev–Trinajstić information content (AvgIpc) is 2.66. The molecule has 6 nitrogen and oxygen atoms in total. The number of methoxy groups -OCH3 is 1. The fraction of sp³-hybridized carbons (Fsp3) is 0.350. The first kappa shape index (κ1) is 22.4. The lowest BCUT2D eigenvalue weighted by molar-refractivity contribution is -0.871. The topological polar surface area (TPSA) is 61.2 Å². The molecule has 1 atom stereocenters. The van der Waals surface area contributed by atoms with Gasteiger partial charge in [0.2, 0.25) is 0 Å². The standard InChI is InChI=1S/C20H23F3N2O4/c1-25(12-3-13-28-17-10-8-16(27-2)9-11-17)14-19(26)24-15-4-6-18(7-5-15)29-20(21,22)23/h4-11H,3,12-14H2,1-2H3,(H,24,26)/p+1. The summed E-state index contributed by atoms with van der Waals surface area (Å²) < 4.78 is 50.9. The number of amides is 1. The summed E-state index contributed by atoms with van der Waals surface area (Å²) in [5.41, 5.74) is 0.403. The van der Waals surface area contributed by atoms with Crippen LogP contribution in [0, 0.1) is 0 Å². The molecule has 2 rings (SSSR count). The third-order valence-electron chi connectivity index (χ3n) is 3.91. The zero-order valence-electron chi connectivity index (χ0n) is 16.2. The molecule has 0 aromatic heterocycles. The largest absolute Gasteiger partial charge is 0.573 e. The molecule has 2 N–H and O–H groups in total. The van der Waals surface area contributed by atoms with E-state index in [4.69, 9.17) is 9.47 Å². The maximum absolute atomic E-state index is 12.1. The van der Waals surface area contributed by atoms with E-state index in [0.29, 0.717) is 12.3 Å². The Morgan fingerprint density at radius 3 is 2.17 bits per heavy atom. The molecule has 1 amide bonds. The molecule has 0 saturated carbocycles. The van der Waals surface area contributed by atoms with Crippen LogP contribution >= 0.6 is 0 Å². The van der Waals surface area contributed by atoms with Gasteiger partial charge < -0.3 is 24.4 Å². The van der Waals surface area contributed by atoms with Gasteiger partial charge in [0.25, 0.3) is 5.91 Å². The van der Waals surface area contributed by atoms with Crippen LogP contribution in [0.2, 0.25) is 0 Å². The van der Waals surface area contributed by atoms with Crippen molar-refractivity contribution in [2.24, 2.45) is 0 Å². The third kappa shape index (κ3) is 8.73. The van der Waals surface area contributed by atoms with Crippen LogP contribution in [-0.4, -0.2) is 46.1 Å². The van der Waals surface area contributed by atoms with Gasteiger partial charge in [-0.15, -0.1) is 13.2 Å². The van der Waals surface area contributed by atoms with Gasteiger partial charge in [0.05, 0.1) is 27.3 Å². The molecule has 29 heavy (non-hydrogen) atoms. The highest BCUT2D eigenvalue weighted by Gasteiger charge is 2.30. The van der Waals surface area contributed by atoms with Gasteiger partial charge in [-0.05, 0) is 48.5 Å². The minimum Gasteiger partial charge on any atom is -0.497 e. The Kier molecular flexibility index (Phi) is 8.14. The van der Waals surface area contributed by atoms with E-state index in [-0.39, 0.29) is 18.2 Å². The average molecular weight is 413 g/mol. The molecule has 2 aromatic rings. The second-order valence-electron chi connectivity index (χ2n) is 6.38. The maximum Gasteiger partial charge on any atom is 0.573 e. The van der Waals surface area contributed by atoms with E-state index in [9.17, 15) is 18.0 Å². The van der Waals surface area contributed by atoms with Crippen LogP contribution in [-0.2, 0) is 4.79 Å². The first-order chi connectivity index (χ1) is 13.7. The Bertz CT molecular complexity index is 765. The summed E-state index contributed by atoms with van der Waals surface area (Å²) in [6, 6.07) is 12.3. The number of quaternary nitrogens is 1. The third-order valence-corrected chi connectivity index (χ3v) is 3.91. The predicted molar refractivity (Wildman–Crippen MR) is 101 cm³/mol. The molecule has 0 heterocycles. The lowest BCUT2D eigenvalue weighted by Crippen LogP contribution is -3.10. The van der Waals surface area contributed by atoms with Crippen LogP contribution < -0.4 is 24.4 Å². The number of ether oxygens (including phenoxy) is 3. The highest BCUT2D eigenvalue weighted by molar-refractivity contribution is 5.91. The van der Waals surface area contributed by atoms with Crippen molar-refractivity contribution in [1.82, 2.24) is 0 Å². The van der Waals surface area contributed by atoms with Crippen molar-refractivity contribution >= 4 is 11.6 Å². The van der Waals surface area contributed by atoms with Gasteiger partial charge in [0.15, 0.2) is 6.54 Å². The summed E-state index contributed by atoms with van der Waals surface area (Å²) in [4.78, 5) is 13.0. The van der Waals surface area contributed by atoms with Crippen molar-refractivity contribution in [1.29, 1.82) is 0 Å². The number of likely N-dealkylation sites (N-methyl/N-ethyl adjacent to an activating group) is 1. The molecule has 0 aliphatic rings. The monoisotopic (exact) mass is 413 g/mol. The van der Waals surface area contributed by atoms with Gasteiger partial charge in [-0.25, -0.2) is 0 Å². The molecule has 0 spiro atoms. The van der Waals surface area contributed by atoms with Crippen molar-refractivity contribution in [3.63, 3.8) is 0 Å². The van der Waals surface area contributed by atoms with E-state index in [0.717, 1.165) is 41.5 Å². The molecule has 0 aliphatic heterocycles. The van der Waals surface area contributed by atoms with Crippen molar-refractivity contribution in [2.75, 3.05) is 39.2 Å². The minimum atomic E-state index is -4.74. The molecular formula is C20H24F3N2O4+. The number of benzene rings is 2. The van der Waals surface area contributed by atoms with Gasteiger partial charge in [-0.1, -0.05) is 0 Å². The van der Waals surface area contributed by atoms with Crippen LogP contribution in [0.3, 0.4) is 0 Å². The number of hydrogen-bond donors (Lipinski definition) is 2. The van der Waals surface area contributed by atoms with Crippen LogP contribution in [0.15, 0.2) is 48.5 Å². The summed E-state index contributed by atoms with van der Waals surface area (Å²) in [5, 5.41) is 2.65. The van der Waals surface area contributed by atoms with Crippen LogP contribution in [0.5, 0.6) is 17.2 Å². The molecular weight excluding hydrogens is 389 g/mol. The Balaban J connectivity index is 1.66. The van der Waals surface area contributed by atoms with Crippen LogP contribution in [0.1, 0.15) is 6.42 Å². The fourth-order valence-corrected chi connectivity index (χ4v) is 2.54. The quantitative estimate of drug-likeness (QED) is 0.588. The molecule has 0 bridgehead atoms. The number of halogens is 3. The van der Waals surface area contributed by atoms with Crippen molar-refractivity contribution in [2.45, 2.75) is 12.8 Å². The van der Waals surface area contributed by atoms with E-state index < -0.39 is 6.36 Å². The van der Waals surface area contributed by atoms with Crippen LogP contribution in [0.25, 0.3) is 0 Å². The second kappa shape index (κ2) is 10.6. The van der Waals surface area contributed by atoms with E-state index in [1.54, 1.807) is 7.11 Å². The van der Waals surface area contributed by atoms with E-state index in [1.165, 1.54) is 12.1 Å². The summed E-state index contributed by atoms with van der Waals surface area (Å²) in [5.74, 6) is 0.937. The highest BCUT2D eigenvalue weighted by Crippen LogP contribution is 2.23. The van der Waals surface area contributed by atoms with Gasteiger partial charge in [-0.2, -0.15) is 0 Å². The SMILES string of the molecule is COc1ccc(OCCC[NH+](C)CC(=O)Nc2ccc(OC(F)(F)F)cc2)cc1.